The van der Waals surface area contributed by atoms with Gasteiger partial charge in [0, 0.05) is 22.6 Å². The highest BCUT2D eigenvalue weighted by atomic mass is 28.4. The molecular weight excluding hydrogens is 665 g/mol. The summed E-state index contributed by atoms with van der Waals surface area (Å²) in [7, 11) is -2.22. The van der Waals surface area contributed by atoms with Crippen molar-refractivity contribution in [2.45, 2.75) is 110 Å². The second-order valence-electron chi connectivity index (χ2n) is 14.9. The van der Waals surface area contributed by atoms with Crippen molar-refractivity contribution in [2.75, 3.05) is 6.61 Å². The van der Waals surface area contributed by atoms with Gasteiger partial charge in [0.25, 0.3) is 5.56 Å². The summed E-state index contributed by atoms with van der Waals surface area (Å²) in [4.78, 5) is 69.7. The highest BCUT2D eigenvalue weighted by molar-refractivity contribution is 6.74. The summed E-state index contributed by atoms with van der Waals surface area (Å²) in [5.41, 5.74) is 1.66. The van der Waals surface area contributed by atoms with Crippen LogP contribution in [0.4, 0.5) is 4.39 Å². The van der Waals surface area contributed by atoms with Gasteiger partial charge < -0.3 is 28.9 Å². The highest BCUT2D eigenvalue weighted by Crippen LogP contribution is 2.46. The van der Waals surface area contributed by atoms with Crippen molar-refractivity contribution in [1.29, 1.82) is 0 Å². The lowest BCUT2D eigenvalue weighted by atomic mass is 9.81. The van der Waals surface area contributed by atoms with Gasteiger partial charge in [0.15, 0.2) is 8.32 Å². The Morgan fingerprint density at radius 2 is 1.88 bits per heavy atom. The lowest BCUT2D eigenvalue weighted by Crippen LogP contribution is -2.47. The number of pyridine rings is 2. The van der Waals surface area contributed by atoms with Crippen molar-refractivity contribution < 1.29 is 42.6 Å². The van der Waals surface area contributed by atoms with Crippen LogP contribution in [0.2, 0.25) is 18.1 Å². The number of carboxylic acids is 1. The Morgan fingerprint density at radius 3 is 2.54 bits per heavy atom. The average Bonchev–Trinajstić information content (AvgIpc) is 3.41. The number of hydrogen-bond donors (Lipinski definition) is 2. The van der Waals surface area contributed by atoms with Gasteiger partial charge in [0.1, 0.15) is 19.0 Å². The van der Waals surface area contributed by atoms with Gasteiger partial charge in [-0.3, -0.25) is 19.2 Å². The molecule has 2 atom stereocenters. The Morgan fingerprint density at radius 1 is 1.16 bits per heavy atom. The van der Waals surface area contributed by atoms with Crippen molar-refractivity contribution in [1.82, 2.24) is 14.9 Å². The number of fused-ring (bicyclic) bond motifs is 5. The molecule has 1 amide bonds. The predicted molar refractivity (Wildman–Crippen MR) is 182 cm³/mol. The number of carbonyl (C=O) groups is 4. The average molecular weight is 708 g/mol. The van der Waals surface area contributed by atoms with Crippen molar-refractivity contribution >= 4 is 43.0 Å². The van der Waals surface area contributed by atoms with E-state index in [-0.39, 0.29) is 48.3 Å². The lowest BCUT2D eigenvalue weighted by Gasteiger charge is -2.36. The van der Waals surface area contributed by atoms with Gasteiger partial charge in [-0.25, -0.2) is 14.2 Å². The fraction of sp³-hybridized carbons (Fsp3) is 0.500. The molecule has 3 aliphatic rings. The summed E-state index contributed by atoms with van der Waals surface area (Å²) in [6.45, 7) is 13.4. The van der Waals surface area contributed by atoms with Crippen LogP contribution in [-0.2, 0) is 58.3 Å². The molecule has 266 valence electrons. The maximum atomic E-state index is 15.3. The molecule has 2 aromatic heterocycles. The molecule has 2 aliphatic heterocycles. The number of benzene rings is 1. The number of esters is 2. The van der Waals surface area contributed by atoms with Crippen molar-refractivity contribution in [3.63, 3.8) is 0 Å². The summed E-state index contributed by atoms with van der Waals surface area (Å²) < 4.78 is 34.1. The molecule has 2 N–H and O–H groups in total. The van der Waals surface area contributed by atoms with Gasteiger partial charge in [0.05, 0.1) is 47.9 Å². The molecule has 0 saturated heterocycles. The first kappa shape index (κ1) is 35.4. The number of aryl methyl sites for hydroxylation is 1. The van der Waals surface area contributed by atoms with Crippen LogP contribution in [0.1, 0.15) is 92.8 Å². The fourth-order valence-electron chi connectivity index (χ4n) is 7.01. The first-order chi connectivity index (χ1) is 23.4. The molecule has 0 saturated carbocycles. The molecule has 3 aromatic rings. The summed E-state index contributed by atoms with van der Waals surface area (Å²) in [6, 6.07) is 2.48. The third-order valence-corrected chi connectivity index (χ3v) is 15.4. The zero-order chi connectivity index (χ0) is 36.5. The minimum Gasteiger partial charge on any atom is -0.481 e. The molecular formula is C36H42FN3O9Si. The maximum Gasteiger partial charge on any atom is 0.355 e. The minimum absolute atomic E-state index is 0.0807. The van der Waals surface area contributed by atoms with E-state index < -0.39 is 62.1 Å². The van der Waals surface area contributed by atoms with E-state index in [0.717, 1.165) is 16.5 Å². The van der Waals surface area contributed by atoms with E-state index in [1.807, 2.05) is 0 Å². The van der Waals surface area contributed by atoms with E-state index in [1.54, 1.807) is 19.9 Å². The van der Waals surface area contributed by atoms with E-state index in [2.05, 4.69) is 39.2 Å². The van der Waals surface area contributed by atoms with Gasteiger partial charge in [0.2, 0.25) is 11.5 Å². The zero-order valence-electron chi connectivity index (χ0n) is 29.4. The molecule has 0 bridgehead atoms. The first-order valence-corrected chi connectivity index (χ1v) is 19.8. The van der Waals surface area contributed by atoms with Crippen LogP contribution in [0.5, 0.6) is 0 Å². The molecule has 0 unspecified atom stereocenters. The second kappa shape index (κ2) is 12.4. The van der Waals surface area contributed by atoms with Crippen LogP contribution < -0.4 is 10.9 Å². The third kappa shape index (κ3) is 5.71. The molecule has 0 fully saturated rings. The van der Waals surface area contributed by atoms with Crippen LogP contribution in [0, 0.1) is 12.7 Å². The fourth-order valence-corrected chi connectivity index (χ4v) is 7.93. The number of amides is 1. The van der Waals surface area contributed by atoms with Gasteiger partial charge in [-0.1, -0.05) is 27.7 Å². The van der Waals surface area contributed by atoms with Gasteiger partial charge >= 0.3 is 17.9 Å². The summed E-state index contributed by atoms with van der Waals surface area (Å²) in [5, 5.41) is 12.9. The Kier molecular flexibility index (Phi) is 8.78. The first-order valence-electron chi connectivity index (χ1n) is 16.9. The molecule has 4 heterocycles. The Bertz CT molecular complexity index is 2050. The quantitative estimate of drug-likeness (QED) is 0.177. The number of nitrogens with zero attached hydrogens (tertiary/aromatic N) is 2. The van der Waals surface area contributed by atoms with Crippen molar-refractivity contribution in [2.24, 2.45) is 0 Å². The highest BCUT2D eigenvalue weighted by Gasteiger charge is 2.50. The van der Waals surface area contributed by atoms with Crippen LogP contribution in [0.15, 0.2) is 16.9 Å². The predicted octanol–water partition coefficient (Wildman–Crippen LogP) is 5.07. The molecule has 50 heavy (non-hydrogen) atoms. The lowest BCUT2D eigenvalue weighted by molar-refractivity contribution is -0.189. The van der Waals surface area contributed by atoms with Gasteiger partial charge in [-0.15, -0.1) is 0 Å². The monoisotopic (exact) mass is 707 g/mol. The maximum absolute atomic E-state index is 15.3. The standard InChI is InChI=1S/C36H42FN3O9Si/c1-8-36(49-29(44)12-11-28(42)43)22-13-26-32-20(15-40(26)33(45)21(22)16-47-34(36)46)31-24(38-27(41)17-48-50(6,7)35(3,4)5)10-9-19-18(2)23(37)14-25(39-32)30(19)31/h13-14,24H,8-12,15-17H2,1-7H3,(H,38,41)(H,42,43)/t24-,36-/m0/s1. The molecule has 12 nitrogen and oxygen atoms in total. The Labute approximate surface area is 289 Å². The van der Waals surface area contributed by atoms with Crippen LogP contribution >= 0.6 is 0 Å². The SMILES string of the molecule is CC[C@@]1(OC(=O)CCC(=O)O)C(=O)OCc2c1cc1n(c2=O)Cc2c-1nc1cc(F)c(C)c3c1c2[C@@H](NC(=O)CO[Si](C)(C)C(C)(C)C)CC3. The summed E-state index contributed by atoms with van der Waals surface area (Å²) in [6.07, 6.45) is -0.0649. The van der Waals surface area contributed by atoms with E-state index >= 15 is 4.39 Å². The number of nitrogens with one attached hydrogen (secondary N) is 1. The zero-order valence-corrected chi connectivity index (χ0v) is 30.4. The van der Waals surface area contributed by atoms with E-state index in [0.29, 0.717) is 40.9 Å². The van der Waals surface area contributed by atoms with Gasteiger partial charge in [-0.05, 0) is 67.1 Å². The Hall–Kier alpha value is -4.43. The number of hydrogen-bond acceptors (Lipinski definition) is 9. The summed E-state index contributed by atoms with van der Waals surface area (Å²) in [5.74, 6) is -3.70. The number of cyclic esters (lactones) is 1. The number of carboxylic acid groups (broad SMARTS) is 1. The normalized spacial score (nSPS) is 19.4. The molecule has 0 spiro atoms. The number of rotatable bonds is 9. The molecule has 6 rings (SSSR count). The van der Waals surface area contributed by atoms with Crippen molar-refractivity contribution in [3.8, 4) is 11.4 Å². The van der Waals surface area contributed by atoms with E-state index in [1.165, 1.54) is 10.6 Å². The number of carbonyl (C=O) groups excluding carboxylic acids is 3. The molecule has 14 heteroatoms. The van der Waals surface area contributed by atoms with E-state index in [4.69, 9.17) is 24.0 Å². The van der Waals surface area contributed by atoms with Crippen LogP contribution in [0.3, 0.4) is 0 Å². The van der Waals surface area contributed by atoms with Crippen LogP contribution in [-0.4, -0.2) is 53.4 Å². The number of halogens is 1. The third-order valence-electron chi connectivity index (χ3n) is 10.9. The van der Waals surface area contributed by atoms with Crippen LogP contribution in [0.25, 0.3) is 22.3 Å². The summed E-state index contributed by atoms with van der Waals surface area (Å²) >= 11 is 0. The number of aliphatic carboxylic acids is 1. The Balaban J connectivity index is 1.47. The molecule has 1 aliphatic carbocycles. The largest absolute Gasteiger partial charge is 0.481 e. The van der Waals surface area contributed by atoms with Gasteiger partial charge in [-0.2, -0.15) is 0 Å². The van der Waals surface area contributed by atoms with E-state index in [9.17, 15) is 24.0 Å². The molecule has 0 radical (unpaired) electrons. The second-order valence-corrected chi connectivity index (χ2v) is 19.7. The number of ether oxygens (including phenoxy) is 2. The minimum atomic E-state index is -2.22. The number of aromatic nitrogens is 2. The topological polar surface area (TPSA) is 163 Å². The smallest absolute Gasteiger partial charge is 0.355 e. The van der Waals surface area contributed by atoms with Crippen molar-refractivity contribution in [3.05, 3.63) is 61.7 Å². The molecule has 1 aromatic carbocycles.